The highest BCUT2D eigenvalue weighted by Crippen LogP contribution is 2.19. The van der Waals surface area contributed by atoms with E-state index in [2.05, 4.69) is 15.5 Å². The Labute approximate surface area is 145 Å². The number of rotatable bonds is 4. The van der Waals surface area contributed by atoms with Crippen molar-refractivity contribution in [2.45, 2.75) is 0 Å². The van der Waals surface area contributed by atoms with Gasteiger partial charge in [0.25, 0.3) is 5.91 Å². The van der Waals surface area contributed by atoms with Crippen molar-refractivity contribution in [2.75, 3.05) is 41.8 Å². The number of nitrogens with one attached hydrogen (secondary N) is 2. The van der Waals surface area contributed by atoms with Crippen LogP contribution in [0.2, 0.25) is 0 Å². The van der Waals surface area contributed by atoms with Gasteiger partial charge in [-0.1, -0.05) is 0 Å². The molecule has 0 radical (unpaired) electrons. The minimum Gasteiger partial charge on any atom is -0.378 e. The second kappa shape index (κ2) is 7.67. The maximum Gasteiger partial charge on any atom is 0.316 e. The highest BCUT2D eigenvalue weighted by Gasteiger charge is 2.11. The second-order valence-electron chi connectivity index (χ2n) is 5.67. The first-order valence-electron chi connectivity index (χ1n) is 8.02. The minimum absolute atomic E-state index is 0.218. The highest BCUT2D eigenvalue weighted by atomic mass is 16.5. The third-order valence-corrected chi connectivity index (χ3v) is 3.92. The molecule has 3 rings (SSSR count). The van der Waals surface area contributed by atoms with Crippen molar-refractivity contribution in [1.82, 2.24) is 0 Å². The molecule has 130 valence electrons. The number of urea groups is 1. The smallest absolute Gasteiger partial charge is 0.316 e. The molecule has 1 aliphatic rings. The third kappa shape index (κ3) is 4.48. The van der Waals surface area contributed by atoms with E-state index in [9.17, 15) is 9.59 Å². The van der Waals surface area contributed by atoms with Crippen molar-refractivity contribution in [3.8, 4) is 0 Å². The van der Waals surface area contributed by atoms with Crippen molar-refractivity contribution in [3.05, 3.63) is 54.1 Å². The largest absolute Gasteiger partial charge is 0.378 e. The van der Waals surface area contributed by atoms with Gasteiger partial charge in [0, 0.05) is 35.7 Å². The van der Waals surface area contributed by atoms with E-state index in [1.165, 1.54) is 0 Å². The molecule has 0 bridgehead atoms. The molecule has 7 nitrogen and oxygen atoms in total. The summed E-state index contributed by atoms with van der Waals surface area (Å²) >= 11 is 0. The average Bonchev–Trinajstić information content (AvgIpc) is 2.63. The Kier molecular flexibility index (Phi) is 5.15. The first-order chi connectivity index (χ1) is 12.1. The zero-order valence-electron chi connectivity index (χ0n) is 13.7. The van der Waals surface area contributed by atoms with Crippen LogP contribution in [-0.2, 0) is 4.74 Å². The number of hydrogen-bond donors (Lipinski definition) is 3. The first kappa shape index (κ1) is 16.8. The molecule has 0 spiro atoms. The normalized spacial score (nSPS) is 14.0. The van der Waals surface area contributed by atoms with Crippen LogP contribution in [0.3, 0.4) is 0 Å². The molecule has 4 N–H and O–H groups in total. The standard InChI is InChI=1S/C18H20N4O3/c19-18(24)21-15-3-1-13(2-4-15)17(23)20-14-5-7-16(8-6-14)22-9-11-25-12-10-22/h1-8H,9-12H2,(H,20,23)(H3,19,21,24). The maximum absolute atomic E-state index is 12.3. The van der Waals surface area contributed by atoms with E-state index in [1.807, 2.05) is 24.3 Å². The lowest BCUT2D eigenvalue weighted by Gasteiger charge is -2.28. The predicted octanol–water partition coefficient (Wildman–Crippen LogP) is 2.27. The zero-order chi connectivity index (χ0) is 17.6. The lowest BCUT2D eigenvalue weighted by molar-refractivity contribution is 0.102. The van der Waals surface area contributed by atoms with Gasteiger partial charge in [-0.25, -0.2) is 4.79 Å². The molecule has 3 amide bonds. The highest BCUT2D eigenvalue weighted by molar-refractivity contribution is 6.04. The lowest BCUT2D eigenvalue weighted by Crippen LogP contribution is -2.36. The number of carbonyl (C=O) groups is 2. The molecule has 7 heteroatoms. The van der Waals surface area contributed by atoms with Crippen LogP contribution in [-0.4, -0.2) is 38.2 Å². The summed E-state index contributed by atoms with van der Waals surface area (Å²) in [6.07, 6.45) is 0. The van der Waals surface area contributed by atoms with E-state index < -0.39 is 6.03 Å². The van der Waals surface area contributed by atoms with Crippen LogP contribution in [0.4, 0.5) is 21.9 Å². The minimum atomic E-state index is -0.641. The van der Waals surface area contributed by atoms with Crippen molar-refractivity contribution in [3.63, 3.8) is 0 Å². The second-order valence-corrected chi connectivity index (χ2v) is 5.67. The van der Waals surface area contributed by atoms with Crippen molar-refractivity contribution in [2.24, 2.45) is 5.73 Å². The Bertz CT molecular complexity index is 738. The molecule has 0 unspecified atom stereocenters. The summed E-state index contributed by atoms with van der Waals surface area (Å²) in [7, 11) is 0. The van der Waals surface area contributed by atoms with E-state index in [0.717, 1.165) is 37.7 Å². The van der Waals surface area contributed by atoms with Crippen molar-refractivity contribution in [1.29, 1.82) is 0 Å². The van der Waals surface area contributed by atoms with Gasteiger partial charge in [0.15, 0.2) is 0 Å². The van der Waals surface area contributed by atoms with E-state index in [0.29, 0.717) is 11.3 Å². The number of nitrogens with two attached hydrogens (primary N) is 1. The quantitative estimate of drug-likeness (QED) is 0.795. The molecule has 1 saturated heterocycles. The van der Waals surface area contributed by atoms with E-state index in [4.69, 9.17) is 10.5 Å². The first-order valence-corrected chi connectivity index (χ1v) is 8.02. The van der Waals surface area contributed by atoms with Crippen LogP contribution in [0.15, 0.2) is 48.5 Å². The van der Waals surface area contributed by atoms with Gasteiger partial charge in [-0.15, -0.1) is 0 Å². The number of benzene rings is 2. The summed E-state index contributed by atoms with van der Waals surface area (Å²) in [6.45, 7) is 3.22. The summed E-state index contributed by atoms with van der Waals surface area (Å²) in [5.74, 6) is -0.218. The molecule has 25 heavy (non-hydrogen) atoms. The Morgan fingerprint density at radius 1 is 0.880 bits per heavy atom. The fourth-order valence-electron chi connectivity index (χ4n) is 2.63. The summed E-state index contributed by atoms with van der Waals surface area (Å²) in [5, 5.41) is 5.31. The molecule has 1 aliphatic heterocycles. The Hall–Kier alpha value is -3.06. The average molecular weight is 340 g/mol. The van der Waals surface area contributed by atoms with Gasteiger partial charge in [-0.05, 0) is 48.5 Å². The molecule has 1 heterocycles. The van der Waals surface area contributed by atoms with Crippen LogP contribution >= 0.6 is 0 Å². The topological polar surface area (TPSA) is 96.7 Å². The molecule has 2 aromatic rings. The van der Waals surface area contributed by atoms with Crippen LogP contribution in [0.25, 0.3) is 0 Å². The fraction of sp³-hybridized carbons (Fsp3) is 0.222. The molecular weight excluding hydrogens is 320 g/mol. The molecule has 0 aliphatic carbocycles. The summed E-state index contributed by atoms with van der Waals surface area (Å²) in [5.41, 5.74) is 7.92. The van der Waals surface area contributed by atoms with Gasteiger partial charge in [-0.2, -0.15) is 0 Å². The van der Waals surface area contributed by atoms with E-state index in [1.54, 1.807) is 24.3 Å². The molecule has 2 aromatic carbocycles. The number of ether oxygens (including phenoxy) is 1. The zero-order valence-corrected chi connectivity index (χ0v) is 13.7. The van der Waals surface area contributed by atoms with Gasteiger partial charge in [-0.3, -0.25) is 4.79 Å². The summed E-state index contributed by atoms with van der Waals surface area (Å²) in [4.78, 5) is 25.3. The monoisotopic (exact) mass is 340 g/mol. The van der Waals surface area contributed by atoms with Crippen LogP contribution in [0.5, 0.6) is 0 Å². The van der Waals surface area contributed by atoms with Gasteiger partial charge < -0.3 is 26.0 Å². The van der Waals surface area contributed by atoms with Gasteiger partial charge >= 0.3 is 6.03 Å². The van der Waals surface area contributed by atoms with Crippen LogP contribution < -0.4 is 21.3 Å². The van der Waals surface area contributed by atoms with Crippen LogP contribution in [0.1, 0.15) is 10.4 Å². The Morgan fingerprint density at radius 3 is 2.04 bits per heavy atom. The van der Waals surface area contributed by atoms with Gasteiger partial charge in [0.2, 0.25) is 0 Å². The SMILES string of the molecule is NC(=O)Nc1ccc(C(=O)Nc2ccc(N3CCOCC3)cc2)cc1. The molecule has 0 saturated carbocycles. The third-order valence-electron chi connectivity index (χ3n) is 3.92. The molecule has 1 fully saturated rings. The number of carbonyl (C=O) groups excluding carboxylic acids is 2. The number of nitrogens with zero attached hydrogens (tertiary/aromatic N) is 1. The predicted molar refractivity (Wildman–Crippen MR) is 97.1 cm³/mol. The van der Waals surface area contributed by atoms with Crippen molar-refractivity contribution < 1.29 is 14.3 Å². The van der Waals surface area contributed by atoms with E-state index >= 15 is 0 Å². The van der Waals surface area contributed by atoms with Gasteiger partial charge in [0.1, 0.15) is 0 Å². The fourth-order valence-corrected chi connectivity index (χ4v) is 2.63. The summed E-state index contributed by atoms with van der Waals surface area (Å²) in [6, 6.07) is 13.6. The number of morpholine rings is 1. The number of primary amides is 1. The van der Waals surface area contributed by atoms with Crippen LogP contribution in [0, 0.1) is 0 Å². The van der Waals surface area contributed by atoms with Gasteiger partial charge in [0.05, 0.1) is 13.2 Å². The lowest BCUT2D eigenvalue weighted by atomic mass is 10.2. The molecule has 0 atom stereocenters. The molecular formula is C18H20N4O3. The Morgan fingerprint density at radius 2 is 1.44 bits per heavy atom. The van der Waals surface area contributed by atoms with Crippen molar-refractivity contribution >= 4 is 29.0 Å². The number of amides is 3. The number of hydrogen-bond acceptors (Lipinski definition) is 4. The maximum atomic E-state index is 12.3. The number of anilines is 3. The Balaban J connectivity index is 1.61. The molecule has 0 aromatic heterocycles. The summed E-state index contributed by atoms with van der Waals surface area (Å²) < 4.78 is 5.35. The van der Waals surface area contributed by atoms with E-state index in [-0.39, 0.29) is 5.91 Å².